The van der Waals surface area contributed by atoms with Crippen LogP contribution in [0, 0.1) is 11.6 Å². The zero-order valence-corrected chi connectivity index (χ0v) is 25.0. The van der Waals surface area contributed by atoms with E-state index in [4.69, 9.17) is 18.9 Å². The lowest BCUT2D eigenvalue weighted by Crippen LogP contribution is -2.43. The highest BCUT2D eigenvalue weighted by Crippen LogP contribution is 2.44. The second-order valence-electron chi connectivity index (χ2n) is 11.8. The number of hydrogen-bond donors (Lipinski definition) is 0. The second-order valence-corrected chi connectivity index (χ2v) is 11.8. The lowest BCUT2D eigenvalue weighted by molar-refractivity contribution is 0.0512. The van der Waals surface area contributed by atoms with Gasteiger partial charge in [0, 0.05) is 32.7 Å². The molecule has 5 heterocycles. The number of nitrogens with zero attached hydrogens (tertiary/aromatic N) is 5. The van der Waals surface area contributed by atoms with Crippen LogP contribution in [0.25, 0.3) is 32.9 Å². The predicted molar refractivity (Wildman–Crippen MR) is 159 cm³/mol. The molecule has 0 aliphatic carbocycles. The van der Waals surface area contributed by atoms with Crippen molar-refractivity contribution >= 4 is 27.5 Å². The van der Waals surface area contributed by atoms with E-state index in [2.05, 4.69) is 19.9 Å². The summed E-state index contributed by atoms with van der Waals surface area (Å²) in [5.41, 5.74) is 0.262. The molecule has 0 bridgehead atoms. The molecule has 0 radical (unpaired) electrons. The first-order valence-electron chi connectivity index (χ1n) is 15.0. The summed E-state index contributed by atoms with van der Waals surface area (Å²) in [4.78, 5) is 17.9. The summed E-state index contributed by atoms with van der Waals surface area (Å²) < 4.78 is 69.4. The molecule has 0 spiro atoms. The Morgan fingerprint density at radius 1 is 1.09 bits per heavy atom. The van der Waals surface area contributed by atoms with E-state index < -0.39 is 23.3 Å². The molecule has 2 saturated heterocycles. The van der Waals surface area contributed by atoms with Gasteiger partial charge in [-0.15, -0.1) is 0 Å². The fourth-order valence-electron chi connectivity index (χ4n) is 6.99. The van der Waals surface area contributed by atoms with Crippen molar-refractivity contribution in [2.24, 2.45) is 0 Å². The SMILES string of the molecule is CCc1c(F)ccc2cc(OCOC)cc(-c3nc4c5c(nc(OC[C@@]67CCCN6C[C@H](F)C7)nc5c3F)N(C)CCO4)c12. The average molecular weight is 610 g/mol. The third kappa shape index (κ3) is 4.75. The Balaban J connectivity index is 1.41. The molecule has 12 heteroatoms. The van der Waals surface area contributed by atoms with Crippen molar-refractivity contribution in [3.05, 3.63) is 41.5 Å². The number of methoxy groups -OCH3 is 1. The largest absolute Gasteiger partial charge is 0.475 e. The van der Waals surface area contributed by atoms with Gasteiger partial charge in [-0.05, 0) is 60.3 Å². The van der Waals surface area contributed by atoms with E-state index in [0.717, 1.165) is 19.4 Å². The van der Waals surface area contributed by atoms with Gasteiger partial charge in [-0.25, -0.2) is 18.2 Å². The number of aromatic nitrogens is 3. The maximum absolute atomic E-state index is 16.9. The van der Waals surface area contributed by atoms with Crippen LogP contribution in [0.15, 0.2) is 24.3 Å². The maximum atomic E-state index is 16.9. The van der Waals surface area contributed by atoms with E-state index >= 15 is 8.78 Å². The summed E-state index contributed by atoms with van der Waals surface area (Å²) >= 11 is 0. The third-order valence-corrected chi connectivity index (χ3v) is 9.06. The fraction of sp³-hybridized carbons (Fsp3) is 0.469. The monoisotopic (exact) mass is 609 g/mol. The first-order valence-corrected chi connectivity index (χ1v) is 15.0. The van der Waals surface area contributed by atoms with Crippen molar-refractivity contribution in [3.8, 4) is 28.9 Å². The van der Waals surface area contributed by atoms with Crippen LogP contribution in [0.3, 0.4) is 0 Å². The van der Waals surface area contributed by atoms with Crippen LogP contribution < -0.4 is 19.1 Å². The normalized spacial score (nSPS) is 21.5. The number of hydrogen-bond acceptors (Lipinski definition) is 9. The van der Waals surface area contributed by atoms with Gasteiger partial charge in [0.1, 0.15) is 53.4 Å². The Bertz CT molecular complexity index is 1760. The third-order valence-electron chi connectivity index (χ3n) is 9.06. The molecule has 2 aromatic heterocycles. The predicted octanol–water partition coefficient (Wildman–Crippen LogP) is 5.45. The van der Waals surface area contributed by atoms with E-state index in [0.29, 0.717) is 64.8 Å². The highest BCUT2D eigenvalue weighted by atomic mass is 19.1. The molecule has 9 nitrogen and oxygen atoms in total. The number of benzene rings is 2. The van der Waals surface area contributed by atoms with Crippen molar-refractivity contribution in [1.29, 1.82) is 0 Å². The number of likely N-dealkylation sites (N-methyl/N-ethyl adjacent to an activating group) is 1. The quantitative estimate of drug-likeness (QED) is 0.242. The molecule has 2 aromatic carbocycles. The van der Waals surface area contributed by atoms with Crippen LogP contribution in [0.1, 0.15) is 31.7 Å². The van der Waals surface area contributed by atoms with Crippen LogP contribution in [0.5, 0.6) is 17.6 Å². The van der Waals surface area contributed by atoms with Gasteiger partial charge in [0.2, 0.25) is 5.88 Å². The number of aryl methyl sites for hydroxylation is 1. The van der Waals surface area contributed by atoms with Crippen LogP contribution in [0.4, 0.5) is 19.0 Å². The summed E-state index contributed by atoms with van der Waals surface area (Å²) in [5, 5.41) is 1.51. The number of anilines is 1. The van der Waals surface area contributed by atoms with Gasteiger partial charge >= 0.3 is 6.01 Å². The van der Waals surface area contributed by atoms with Gasteiger partial charge in [-0.2, -0.15) is 9.97 Å². The van der Waals surface area contributed by atoms with Crippen molar-refractivity contribution in [2.75, 3.05) is 58.7 Å². The zero-order valence-electron chi connectivity index (χ0n) is 25.0. The van der Waals surface area contributed by atoms with E-state index in [1.54, 1.807) is 18.2 Å². The molecule has 232 valence electrons. The Hall–Kier alpha value is -3.90. The Kier molecular flexibility index (Phi) is 7.36. The topological polar surface area (TPSA) is 82.1 Å². The van der Waals surface area contributed by atoms with Gasteiger partial charge < -0.3 is 23.8 Å². The Labute approximate surface area is 252 Å². The summed E-state index contributed by atoms with van der Waals surface area (Å²) in [6.45, 7) is 3.98. The lowest BCUT2D eigenvalue weighted by Gasteiger charge is -2.31. The highest BCUT2D eigenvalue weighted by molar-refractivity contribution is 6.03. The van der Waals surface area contributed by atoms with E-state index in [-0.39, 0.29) is 43.1 Å². The van der Waals surface area contributed by atoms with Gasteiger partial charge in [0.05, 0.1) is 12.1 Å². The first kappa shape index (κ1) is 28.8. The average Bonchev–Trinajstić information content (AvgIpc) is 3.49. The van der Waals surface area contributed by atoms with Crippen molar-refractivity contribution in [3.63, 3.8) is 0 Å². The molecule has 7 rings (SSSR count). The lowest BCUT2D eigenvalue weighted by atomic mass is 9.94. The summed E-state index contributed by atoms with van der Waals surface area (Å²) in [6.07, 6.45) is 1.64. The summed E-state index contributed by atoms with van der Waals surface area (Å²) in [6, 6.07) is 6.42. The number of alkyl halides is 1. The molecule has 0 amide bonds. The zero-order chi connectivity index (χ0) is 30.6. The molecule has 0 saturated carbocycles. The number of rotatable bonds is 8. The van der Waals surface area contributed by atoms with Gasteiger partial charge in [-0.3, -0.25) is 4.90 Å². The van der Waals surface area contributed by atoms with Crippen molar-refractivity contribution < 1.29 is 32.1 Å². The molecule has 0 unspecified atom stereocenters. The molecule has 3 aliphatic heterocycles. The highest BCUT2D eigenvalue weighted by Gasteiger charge is 2.49. The molecule has 2 fully saturated rings. The molecule has 44 heavy (non-hydrogen) atoms. The van der Waals surface area contributed by atoms with Crippen LogP contribution in [-0.4, -0.2) is 85.4 Å². The number of fused-ring (bicyclic) bond motifs is 2. The van der Waals surface area contributed by atoms with E-state index in [1.165, 1.54) is 13.2 Å². The van der Waals surface area contributed by atoms with Crippen molar-refractivity contribution in [2.45, 2.75) is 44.3 Å². The minimum Gasteiger partial charge on any atom is -0.475 e. The maximum Gasteiger partial charge on any atom is 0.319 e. The van der Waals surface area contributed by atoms with Gasteiger partial charge in [-0.1, -0.05) is 13.0 Å². The number of halogens is 3. The standard InChI is InChI=1S/C32H34F3N5O4/c1-4-21-23(34)7-6-18-12-20(44-17-41-3)13-22(24(18)21)27-26(35)28-25-29(39(2)10-11-42-30(25)36-27)38-31(37-28)43-16-32-8-5-9-40(32)15-19(33)14-32/h6-7,12-13,19H,4-5,8-11,14-17H2,1-3H3/t19-,32+/m1/s1. The van der Waals surface area contributed by atoms with E-state index in [9.17, 15) is 4.39 Å². The minimum atomic E-state index is -0.908. The molecule has 2 atom stereocenters. The fourth-order valence-corrected chi connectivity index (χ4v) is 6.99. The van der Waals surface area contributed by atoms with E-state index in [1.807, 2.05) is 18.9 Å². The Morgan fingerprint density at radius 2 is 1.95 bits per heavy atom. The summed E-state index contributed by atoms with van der Waals surface area (Å²) in [7, 11) is 3.33. The molecular formula is C32H34F3N5O4. The number of ether oxygens (including phenoxy) is 4. The molecule has 3 aliphatic rings. The molecule has 0 N–H and O–H groups in total. The van der Waals surface area contributed by atoms with Crippen LogP contribution >= 0.6 is 0 Å². The van der Waals surface area contributed by atoms with Gasteiger partial charge in [0.15, 0.2) is 12.6 Å². The Morgan fingerprint density at radius 3 is 2.77 bits per heavy atom. The van der Waals surface area contributed by atoms with Crippen LogP contribution in [0.2, 0.25) is 0 Å². The van der Waals surface area contributed by atoms with Gasteiger partial charge in [0.25, 0.3) is 0 Å². The molecule has 4 aromatic rings. The second kappa shape index (κ2) is 11.2. The first-order chi connectivity index (χ1) is 21.3. The summed E-state index contributed by atoms with van der Waals surface area (Å²) in [5.74, 6) is -0.116. The van der Waals surface area contributed by atoms with Crippen molar-refractivity contribution in [1.82, 2.24) is 19.9 Å². The smallest absolute Gasteiger partial charge is 0.319 e. The molecular weight excluding hydrogens is 575 g/mol. The van der Waals surface area contributed by atoms with Crippen LogP contribution in [-0.2, 0) is 11.2 Å². The minimum absolute atomic E-state index is 0.00545. The number of pyridine rings is 1.